The third-order valence-electron chi connectivity index (χ3n) is 7.15. The van der Waals surface area contributed by atoms with Gasteiger partial charge in [-0.25, -0.2) is 0 Å². The number of likely N-dealkylation sites (tertiary alicyclic amines) is 1. The van der Waals surface area contributed by atoms with Crippen LogP contribution < -0.4 is 0 Å². The second-order valence-corrected chi connectivity index (χ2v) is 9.65. The smallest absolute Gasteiger partial charge is 0.335 e. The number of piperazine rings is 1. The molecule has 4 nitrogen and oxygen atoms in total. The highest BCUT2D eigenvalue weighted by molar-refractivity contribution is 5.95. The lowest BCUT2D eigenvalue weighted by Gasteiger charge is -2.46. The first-order valence-corrected chi connectivity index (χ1v) is 12.0. The van der Waals surface area contributed by atoms with Crippen LogP contribution in [0.3, 0.4) is 0 Å². The van der Waals surface area contributed by atoms with Crippen LogP contribution in [0.5, 0.6) is 0 Å². The average Bonchev–Trinajstić information content (AvgIpc) is 2.83. The average molecular weight is 514 g/mol. The number of amides is 1. The maximum atomic E-state index is 13.5. The summed E-state index contributed by atoms with van der Waals surface area (Å²) >= 11 is 0. The van der Waals surface area contributed by atoms with Crippen molar-refractivity contribution >= 4 is 5.91 Å². The lowest BCUT2D eigenvalue weighted by Crippen LogP contribution is -2.56. The Hall–Kier alpha value is -2.59. The first kappa shape index (κ1) is 26.5. The number of alkyl halides is 6. The maximum Gasteiger partial charge on any atom is 0.416 e. The van der Waals surface area contributed by atoms with Crippen molar-refractivity contribution in [1.29, 1.82) is 0 Å². The second kappa shape index (κ2) is 10.4. The highest BCUT2D eigenvalue weighted by atomic mass is 19.4. The van der Waals surface area contributed by atoms with E-state index in [9.17, 15) is 31.1 Å². The van der Waals surface area contributed by atoms with E-state index < -0.39 is 35.0 Å². The van der Waals surface area contributed by atoms with Crippen LogP contribution in [0.2, 0.25) is 0 Å². The molecule has 196 valence electrons. The van der Waals surface area contributed by atoms with Gasteiger partial charge in [-0.1, -0.05) is 30.3 Å². The number of hydrogen-bond acceptors (Lipinski definition) is 3. The summed E-state index contributed by atoms with van der Waals surface area (Å²) in [6, 6.07) is 10.4. The van der Waals surface area contributed by atoms with Crippen LogP contribution in [-0.4, -0.2) is 72.5 Å². The molecule has 2 heterocycles. The molecule has 2 aromatic carbocycles. The van der Waals surface area contributed by atoms with Gasteiger partial charge < -0.3 is 9.80 Å². The van der Waals surface area contributed by atoms with Crippen molar-refractivity contribution in [1.82, 2.24) is 14.7 Å². The maximum absolute atomic E-state index is 13.5. The Bertz CT molecular complexity index is 1020. The molecule has 2 fully saturated rings. The molecule has 0 aliphatic carbocycles. The highest BCUT2D eigenvalue weighted by Gasteiger charge is 2.40. The van der Waals surface area contributed by atoms with E-state index in [1.165, 1.54) is 4.90 Å². The number of likely N-dealkylation sites (N-methyl/N-ethyl adjacent to an activating group) is 1. The Kier molecular flexibility index (Phi) is 7.66. The number of halogens is 6. The van der Waals surface area contributed by atoms with Crippen molar-refractivity contribution < 1.29 is 31.1 Å². The van der Waals surface area contributed by atoms with Crippen molar-refractivity contribution in [2.24, 2.45) is 0 Å². The molecule has 0 saturated carbocycles. The Morgan fingerprint density at radius 1 is 0.861 bits per heavy atom. The minimum atomic E-state index is -5.01. The van der Waals surface area contributed by atoms with Gasteiger partial charge in [-0.2, -0.15) is 26.3 Å². The van der Waals surface area contributed by atoms with Crippen molar-refractivity contribution in [3.05, 3.63) is 70.8 Å². The molecule has 10 heteroatoms. The summed E-state index contributed by atoms with van der Waals surface area (Å²) in [5.74, 6) is -0.802. The van der Waals surface area contributed by atoms with Crippen molar-refractivity contribution in [3.8, 4) is 0 Å². The molecule has 1 amide bonds. The van der Waals surface area contributed by atoms with E-state index in [0.29, 0.717) is 31.4 Å². The molecule has 2 aromatic rings. The van der Waals surface area contributed by atoms with Crippen molar-refractivity contribution in [2.75, 3.05) is 39.8 Å². The predicted octanol–water partition coefficient (Wildman–Crippen LogP) is 5.19. The summed E-state index contributed by atoms with van der Waals surface area (Å²) in [6.45, 7) is 3.89. The van der Waals surface area contributed by atoms with E-state index in [-0.39, 0.29) is 24.7 Å². The summed E-state index contributed by atoms with van der Waals surface area (Å²) in [6.07, 6.45) is -8.31. The molecular weight excluding hydrogens is 484 g/mol. The second-order valence-electron chi connectivity index (χ2n) is 9.65. The van der Waals surface area contributed by atoms with E-state index in [1.807, 2.05) is 30.3 Å². The van der Waals surface area contributed by atoms with Gasteiger partial charge in [0.25, 0.3) is 5.91 Å². The van der Waals surface area contributed by atoms with Gasteiger partial charge in [-0.15, -0.1) is 0 Å². The molecule has 0 radical (unpaired) electrons. The topological polar surface area (TPSA) is 26.8 Å². The van der Waals surface area contributed by atoms with Crippen LogP contribution in [0.15, 0.2) is 48.5 Å². The van der Waals surface area contributed by atoms with E-state index in [2.05, 4.69) is 16.8 Å². The van der Waals surface area contributed by atoms with Crippen LogP contribution in [-0.2, 0) is 18.8 Å². The Labute approximate surface area is 206 Å². The lowest BCUT2D eigenvalue weighted by molar-refractivity contribution is -0.143. The van der Waals surface area contributed by atoms with Crippen LogP contribution in [0, 0.1) is 0 Å². The summed E-state index contributed by atoms with van der Waals surface area (Å²) in [7, 11) is 2.06. The monoisotopic (exact) mass is 513 g/mol. The molecule has 0 spiro atoms. The van der Waals surface area contributed by atoms with Gasteiger partial charge in [0, 0.05) is 50.4 Å². The molecule has 4 rings (SSSR count). The number of benzene rings is 2. The largest absolute Gasteiger partial charge is 0.416 e. The van der Waals surface area contributed by atoms with Crippen LogP contribution in [0.25, 0.3) is 0 Å². The van der Waals surface area contributed by atoms with E-state index in [0.717, 1.165) is 31.7 Å². The van der Waals surface area contributed by atoms with E-state index >= 15 is 0 Å². The zero-order valence-corrected chi connectivity index (χ0v) is 19.9. The molecule has 0 aromatic heterocycles. The first-order chi connectivity index (χ1) is 16.9. The fourth-order valence-corrected chi connectivity index (χ4v) is 5.14. The van der Waals surface area contributed by atoms with Gasteiger partial charge in [0.05, 0.1) is 11.1 Å². The third kappa shape index (κ3) is 6.21. The summed E-state index contributed by atoms with van der Waals surface area (Å²) in [5, 5.41) is 0. The number of hydrogen-bond donors (Lipinski definition) is 0. The predicted molar refractivity (Wildman–Crippen MR) is 124 cm³/mol. The molecule has 2 aliphatic heterocycles. The van der Waals surface area contributed by atoms with E-state index in [4.69, 9.17) is 0 Å². The standard InChI is InChI=1S/C26H29F6N3O/c1-33-9-11-34(12-10-33)22-7-8-35(23(17-22)13-18-5-3-2-4-6-18)24(36)19-14-20(25(27,28)29)16-21(15-19)26(30,31)32/h2-6,14-16,22-23H,7-13,17H2,1H3/t22-,23-/m0/s1. The van der Waals surface area contributed by atoms with Gasteiger partial charge in [0.2, 0.25) is 0 Å². The normalized spacial score (nSPS) is 22.6. The molecule has 2 aliphatic rings. The minimum Gasteiger partial charge on any atom is -0.335 e. The molecule has 2 saturated heterocycles. The number of piperidine rings is 1. The number of carbonyl (C=O) groups excluding carboxylic acids is 1. The van der Waals surface area contributed by atoms with Crippen molar-refractivity contribution in [2.45, 2.75) is 43.7 Å². The fourth-order valence-electron chi connectivity index (χ4n) is 5.14. The van der Waals surface area contributed by atoms with Crippen LogP contribution in [0.4, 0.5) is 26.3 Å². The fraction of sp³-hybridized carbons (Fsp3) is 0.500. The minimum absolute atomic E-state index is 0.0534. The zero-order chi connectivity index (χ0) is 26.1. The highest BCUT2D eigenvalue weighted by Crippen LogP contribution is 2.37. The number of rotatable bonds is 4. The van der Waals surface area contributed by atoms with Gasteiger partial charge in [-0.05, 0) is 50.1 Å². The van der Waals surface area contributed by atoms with Crippen LogP contribution in [0.1, 0.15) is 39.9 Å². The molecule has 2 atom stereocenters. The van der Waals surface area contributed by atoms with Gasteiger partial charge in [0.15, 0.2) is 0 Å². The Balaban J connectivity index is 1.63. The molecule has 0 bridgehead atoms. The summed E-state index contributed by atoms with van der Waals surface area (Å²) in [4.78, 5) is 19.5. The quantitative estimate of drug-likeness (QED) is 0.527. The van der Waals surface area contributed by atoms with Gasteiger partial charge in [0.1, 0.15) is 0 Å². The Morgan fingerprint density at radius 2 is 1.44 bits per heavy atom. The van der Waals surface area contributed by atoms with E-state index in [1.54, 1.807) is 0 Å². The summed E-state index contributed by atoms with van der Waals surface area (Å²) in [5.41, 5.74) is -2.59. The van der Waals surface area contributed by atoms with Crippen molar-refractivity contribution in [3.63, 3.8) is 0 Å². The number of nitrogens with zero attached hydrogens (tertiary/aromatic N) is 3. The SMILES string of the molecule is CN1CCN([C@H]2CCN(C(=O)c3cc(C(F)(F)F)cc(C(F)(F)F)c3)[C@@H](Cc3ccccc3)C2)CC1. The zero-order valence-electron chi connectivity index (χ0n) is 19.9. The third-order valence-corrected chi connectivity index (χ3v) is 7.15. The van der Waals surface area contributed by atoms with Crippen LogP contribution >= 0.6 is 0 Å². The van der Waals surface area contributed by atoms with Gasteiger partial charge >= 0.3 is 12.4 Å². The first-order valence-electron chi connectivity index (χ1n) is 12.0. The van der Waals surface area contributed by atoms with Gasteiger partial charge in [-0.3, -0.25) is 9.69 Å². The number of carbonyl (C=O) groups is 1. The molecule has 0 N–H and O–H groups in total. The summed E-state index contributed by atoms with van der Waals surface area (Å²) < 4.78 is 80.3. The Morgan fingerprint density at radius 3 is 2.00 bits per heavy atom. The molecule has 0 unspecified atom stereocenters. The lowest BCUT2D eigenvalue weighted by atomic mass is 9.90. The molecular formula is C26H29F6N3O. The molecule has 36 heavy (non-hydrogen) atoms.